The van der Waals surface area contributed by atoms with Gasteiger partial charge in [-0.15, -0.1) is 0 Å². The first-order valence-corrected chi connectivity index (χ1v) is 5.59. The fraction of sp³-hybridized carbons (Fsp3) is 0.462. The van der Waals surface area contributed by atoms with Crippen molar-refractivity contribution in [3.63, 3.8) is 0 Å². The second-order valence-corrected chi connectivity index (χ2v) is 4.29. The van der Waals surface area contributed by atoms with Gasteiger partial charge in [-0.2, -0.15) is 0 Å². The Morgan fingerprint density at radius 3 is 2.80 bits per heavy atom. The van der Waals surface area contributed by atoms with E-state index in [1.54, 1.807) is 0 Å². The van der Waals surface area contributed by atoms with E-state index in [0.717, 1.165) is 29.9 Å². The highest BCUT2D eigenvalue weighted by atomic mass is 16.1. The fourth-order valence-electron chi connectivity index (χ4n) is 2.11. The number of nitrogens with one attached hydrogen (secondary N) is 1. The zero-order chi connectivity index (χ0) is 10.7. The van der Waals surface area contributed by atoms with Crippen molar-refractivity contribution in [2.75, 3.05) is 12.4 Å². The highest BCUT2D eigenvalue weighted by Crippen LogP contribution is 2.32. The number of aldehydes is 1. The summed E-state index contributed by atoms with van der Waals surface area (Å²) in [6.45, 7) is 0. The van der Waals surface area contributed by atoms with Crippen LogP contribution in [0.5, 0.6) is 0 Å². The first-order chi connectivity index (χ1) is 7.33. The molecule has 2 heteroatoms. The number of anilines is 1. The Morgan fingerprint density at radius 1 is 1.47 bits per heavy atom. The van der Waals surface area contributed by atoms with Crippen LogP contribution in [0.4, 0.5) is 5.69 Å². The molecule has 0 unspecified atom stereocenters. The Kier molecular flexibility index (Phi) is 3.05. The van der Waals surface area contributed by atoms with Gasteiger partial charge in [0.05, 0.1) is 0 Å². The SMILES string of the molecule is CNc1ccc(C=O)cc1CC1CCC1. The number of hydrogen-bond donors (Lipinski definition) is 1. The predicted octanol–water partition coefficient (Wildman–Crippen LogP) is 2.88. The van der Waals surface area contributed by atoms with Crippen molar-refractivity contribution < 1.29 is 4.79 Å². The first-order valence-electron chi connectivity index (χ1n) is 5.59. The minimum atomic E-state index is 0.781. The molecule has 2 nitrogen and oxygen atoms in total. The maximum absolute atomic E-state index is 10.7. The third-order valence-electron chi connectivity index (χ3n) is 3.27. The van der Waals surface area contributed by atoms with Crippen LogP contribution in [0.25, 0.3) is 0 Å². The predicted molar refractivity (Wildman–Crippen MR) is 62.4 cm³/mol. The lowest BCUT2D eigenvalue weighted by Crippen LogP contribution is -2.14. The summed E-state index contributed by atoms with van der Waals surface area (Å²) in [4.78, 5) is 10.7. The lowest BCUT2D eigenvalue weighted by molar-refractivity contribution is 0.112. The molecule has 0 atom stereocenters. The summed E-state index contributed by atoms with van der Waals surface area (Å²) in [5, 5.41) is 3.18. The van der Waals surface area contributed by atoms with E-state index in [9.17, 15) is 4.79 Å². The molecule has 0 radical (unpaired) electrons. The van der Waals surface area contributed by atoms with Crippen LogP contribution < -0.4 is 5.32 Å². The molecule has 1 aromatic carbocycles. The third-order valence-corrected chi connectivity index (χ3v) is 3.27. The summed E-state index contributed by atoms with van der Waals surface area (Å²) in [7, 11) is 1.93. The molecular formula is C13H17NO. The molecule has 0 aliphatic heterocycles. The van der Waals surface area contributed by atoms with Crippen LogP contribution >= 0.6 is 0 Å². The highest BCUT2D eigenvalue weighted by Gasteiger charge is 2.19. The zero-order valence-electron chi connectivity index (χ0n) is 9.12. The number of benzene rings is 1. The Labute approximate surface area is 90.7 Å². The van der Waals surface area contributed by atoms with Crippen LogP contribution in [0.1, 0.15) is 35.2 Å². The maximum atomic E-state index is 10.7. The van der Waals surface area contributed by atoms with Gasteiger partial charge in [0.1, 0.15) is 6.29 Å². The average molecular weight is 203 g/mol. The maximum Gasteiger partial charge on any atom is 0.150 e. The number of carbonyl (C=O) groups is 1. The van der Waals surface area contributed by atoms with Crippen LogP contribution in [-0.4, -0.2) is 13.3 Å². The summed E-state index contributed by atoms with van der Waals surface area (Å²) in [5.41, 5.74) is 3.22. The average Bonchev–Trinajstić information content (AvgIpc) is 2.23. The summed E-state index contributed by atoms with van der Waals surface area (Å²) in [6.07, 6.45) is 6.08. The molecule has 15 heavy (non-hydrogen) atoms. The quantitative estimate of drug-likeness (QED) is 0.762. The van der Waals surface area contributed by atoms with Crippen LogP contribution in [0.2, 0.25) is 0 Å². The van der Waals surface area contributed by atoms with Gasteiger partial charge in [0.2, 0.25) is 0 Å². The van der Waals surface area contributed by atoms with Crippen LogP contribution in [0.3, 0.4) is 0 Å². The van der Waals surface area contributed by atoms with Crippen LogP contribution in [0.15, 0.2) is 18.2 Å². The van der Waals surface area contributed by atoms with E-state index < -0.39 is 0 Å². The van der Waals surface area contributed by atoms with Gasteiger partial charge >= 0.3 is 0 Å². The van der Waals surface area contributed by atoms with Gasteiger partial charge in [0, 0.05) is 18.3 Å². The van der Waals surface area contributed by atoms with E-state index in [0.29, 0.717) is 0 Å². The van der Waals surface area contributed by atoms with Crippen molar-refractivity contribution >= 4 is 12.0 Å². The molecule has 0 heterocycles. The number of carbonyl (C=O) groups excluding carboxylic acids is 1. The summed E-state index contributed by atoms with van der Waals surface area (Å²) in [6, 6.07) is 5.87. The number of rotatable bonds is 4. The van der Waals surface area contributed by atoms with E-state index in [4.69, 9.17) is 0 Å². The minimum Gasteiger partial charge on any atom is -0.388 e. The lowest BCUT2D eigenvalue weighted by Gasteiger charge is -2.26. The van der Waals surface area contributed by atoms with E-state index in [1.807, 2.05) is 25.2 Å². The molecule has 1 saturated carbocycles. The standard InChI is InChI=1S/C13H17NO/c1-14-13-6-5-11(9-15)8-12(13)7-10-3-2-4-10/h5-6,8-10,14H,2-4,7H2,1H3. The molecule has 80 valence electrons. The van der Waals surface area contributed by atoms with E-state index in [1.165, 1.54) is 24.8 Å². The molecule has 0 amide bonds. The molecule has 1 aliphatic carbocycles. The smallest absolute Gasteiger partial charge is 0.150 e. The monoisotopic (exact) mass is 203 g/mol. The Morgan fingerprint density at radius 2 is 2.27 bits per heavy atom. The summed E-state index contributed by atoms with van der Waals surface area (Å²) in [5.74, 6) is 0.832. The normalized spacial score (nSPS) is 15.8. The van der Waals surface area contributed by atoms with E-state index in [-0.39, 0.29) is 0 Å². The Hall–Kier alpha value is -1.31. The highest BCUT2D eigenvalue weighted by molar-refractivity contribution is 5.76. The zero-order valence-corrected chi connectivity index (χ0v) is 9.12. The second kappa shape index (κ2) is 4.47. The number of hydrogen-bond acceptors (Lipinski definition) is 2. The summed E-state index contributed by atoms with van der Waals surface area (Å²) >= 11 is 0. The molecular weight excluding hydrogens is 186 g/mol. The van der Waals surface area contributed by atoms with Crippen molar-refractivity contribution in [3.05, 3.63) is 29.3 Å². The summed E-state index contributed by atoms with van der Waals surface area (Å²) < 4.78 is 0. The lowest BCUT2D eigenvalue weighted by atomic mass is 9.80. The Bertz CT molecular complexity index is 356. The molecule has 0 bridgehead atoms. The van der Waals surface area contributed by atoms with Crippen molar-refractivity contribution in [1.82, 2.24) is 0 Å². The van der Waals surface area contributed by atoms with Gasteiger partial charge in [0.15, 0.2) is 0 Å². The topological polar surface area (TPSA) is 29.1 Å². The van der Waals surface area contributed by atoms with Crippen LogP contribution in [-0.2, 0) is 6.42 Å². The van der Waals surface area contributed by atoms with Crippen molar-refractivity contribution in [3.8, 4) is 0 Å². The van der Waals surface area contributed by atoms with Crippen molar-refractivity contribution in [2.45, 2.75) is 25.7 Å². The third kappa shape index (κ3) is 2.20. The molecule has 0 spiro atoms. The molecule has 0 saturated heterocycles. The van der Waals surface area contributed by atoms with Gasteiger partial charge in [-0.3, -0.25) is 4.79 Å². The minimum absolute atomic E-state index is 0.781. The molecule has 2 rings (SSSR count). The van der Waals surface area contributed by atoms with Crippen molar-refractivity contribution in [2.24, 2.45) is 5.92 Å². The van der Waals surface area contributed by atoms with Crippen molar-refractivity contribution in [1.29, 1.82) is 0 Å². The van der Waals surface area contributed by atoms with Gasteiger partial charge in [-0.25, -0.2) is 0 Å². The second-order valence-electron chi connectivity index (χ2n) is 4.29. The first kappa shape index (κ1) is 10.2. The largest absolute Gasteiger partial charge is 0.388 e. The Balaban J connectivity index is 2.20. The van der Waals surface area contributed by atoms with Gasteiger partial charge in [-0.05, 0) is 36.1 Å². The van der Waals surface area contributed by atoms with E-state index in [2.05, 4.69) is 5.32 Å². The molecule has 1 aromatic rings. The van der Waals surface area contributed by atoms with Gasteiger partial charge in [0.25, 0.3) is 0 Å². The molecule has 1 N–H and O–H groups in total. The van der Waals surface area contributed by atoms with E-state index >= 15 is 0 Å². The molecule has 1 fully saturated rings. The van der Waals surface area contributed by atoms with Gasteiger partial charge in [-0.1, -0.05) is 19.3 Å². The van der Waals surface area contributed by atoms with Crippen LogP contribution in [0, 0.1) is 5.92 Å². The molecule has 1 aliphatic rings. The fourth-order valence-corrected chi connectivity index (χ4v) is 2.11. The molecule has 0 aromatic heterocycles. The van der Waals surface area contributed by atoms with Gasteiger partial charge < -0.3 is 5.32 Å².